The molecule has 1 aromatic rings. The SMILES string of the molecule is CC1(CNS(=O)(=O)c2cc(CN)oc2Br)CCCC1. The van der Waals surface area contributed by atoms with Crippen LogP contribution in [0, 0.1) is 5.41 Å². The van der Waals surface area contributed by atoms with Crippen LogP contribution in [0.15, 0.2) is 20.0 Å². The number of rotatable bonds is 5. The van der Waals surface area contributed by atoms with Crippen LogP contribution in [0.5, 0.6) is 0 Å². The third-order valence-corrected chi connectivity index (χ3v) is 5.95. The van der Waals surface area contributed by atoms with E-state index in [-0.39, 0.29) is 21.5 Å². The molecule has 3 N–H and O–H groups in total. The molecule has 0 radical (unpaired) electrons. The van der Waals surface area contributed by atoms with Crippen molar-refractivity contribution < 1.29 is 12.8 Å². The van der Waals surface area contributed by atoms with Crippen LogP contribution in [0.25, 0.3) is 0 Å². The first kappa shape index (κ1) is 15.0. The fourth-order valence-corrected chi connectivity index (χ4v) is 4.63. The van der Waals surface area contributed by atoms with Crippen molar-refractivity contribution >= 4 is 26.0 Å². The Morgan fingerprint density at radius 3 is 2.63 bits per heavy atom. The zero-order valence-corrected chi connectivity index (χ0v) is 13.3. The van der Waals surface area contributed by atoms with Gasteiger partial charge in [-0.1, -0.05) is 19.8 Å². The van der Waals surface area contributed by atoms with E-state index < -0.39 is 10.0 Å². The molecule has 0 saturated heterocycles. The zero-order valence-electron chi connectivity index (χ0n) is 10.9. The van der Waals surface area contributed by atoms with Gasteiger partial charge in [-0.15, -0.1) is 0 Å². The van der Waals surface area contributed by atoms with Crippen molar-refractivity contribution in [2.75, 3.05) is 6.54 Å². The second kappa shape index (κ2) is 5.55. The van der Waals surface area contributed by atoms with Gasteiger partial charge in [-0.3, -0.25) is 0 Å². The molecule has 2 rings (SSSR count). The summed E-state index contributed by atoms with van der Waals surface area (Å²) in [6.07, 6.45) is 4.47. The van der Waals surface area contributed by atoms with E-state index in [2.05, 4.69) is 27.6 Å². The molecule has 0 amide bonds. The van der Waals surface area contributed by atoms with Gasteiger partial charge in [0.2, 0.25) is 10.0 Å². The van der Waals surface area contributed by atoms with Gasteiger partial charge >= 0.3 is 0 Å². The fraction of sp³-hybridized carbons (Fsp3) is 0.667. The quantitative estimate of drug-likeness (QED) is 0.853. The van der Waals surface area contributed by atoms with Gasteiger partial charge in [-0.2, -0.15) is 0 Å². The summed E-state index contributed by atoms with van der Waals surface area (Å²) in [6.45, 7) is 2.76. The van der Waals surface area contributed by atoms with Crippen molar-refractivity contribution in [1.82, 2.24) is 4.72 Å². The lowest BCUT2D eigenvalue weighted by Crippen LogP contribution is -2.34. The van der Waals surface area contributed by atoms with E-state index in [0.29, 0.717) is 12.3 Å². The minimum atomic E-state index is -3.55. The predicted octanol–water partition coefficient (Wildman–Crippen LogP) is 2.36. The summed E-state index contributed by atoms with van der Waals surface area (Å²) in [5, 5.41) is 0. The van der Waals surface area contributed by atoms with Crippen LogP contribution < -0.4 is 10.5 Å². The number of halogens is 1. The maximum atomic E-state index is 12.2. The summed E-state index contributed by atoms with van der Waals surface area (Å²) in [5.74, 6) is 0.444. The Morgan fingerprint density at radius 1 is 1.47 bits per heavy atom. The lowest BCUT2D eigenvalue weighted by Gasteiger charge is -2.23. The first-order valence-corrected chi connectivity index (χ1v) is 8.62. The molecule has 5 nitrogen and oxygen atoms in total. The third-order valence-electron chi connectivity index (χ3n) is 3.70. The lowest BCUT2D eigenvalue weighted by atomic mass is 9.89. The van der Waals surface area contributed by atoms with Crippen LogP contribution in [0.2, 0.25) is 0 Å². The third kappa shape index (κ3) is 3.39. The summed E-state index contributed by atoms with van der Waals surface area (Å²) in [4.78, 5) is 0.120. The van der Waals surface area contributed by atoms with Crippen molar-refractivity contribution in [3.8, 4) is 0 Å². The molecule has 0 aromatic carbocycles. The first-order valence-electron chi connectivity index (χ1n) is 6.34. The van der Waals surface area contributed by atoms with E-state index >= 15 is 0 Å². The van der Waals surface area contributed by atoms with Gasteiger partial charge in [0, 0.05) is 12.6 Å². The van der Waals surface area contributed by atoms with E-state index in [1.807, 2.05) is 0 Å². The number of furan rings is 1. The number of hydrogen-bond donors (Lipinski definition) is 2. The van der Waals surface area contributed by atoms with Crippen molar-refractivity contribution in [2.24, 2.45) is 11.1 Å². The Morgan fingerprint density at radius 2 is 2.11 bits per heavy atom. The van der Waals surface area contributed by atoms with E-state index in [1.54, 1.807) is 0 Å². The molecule has 0 spiro atoms. The molecule has 1 saturated carbocycles. The average Bonchev–Trinajstić information content (AvgIpc) is 2.94. The van der Waals surface area contributed by atoms with Crippen LogP contribution in [-0.2, 0) is 16.6 Å². The van der Waals surface area contributed by atoms with E-state index in [4.69, 9.17) is 10.2 Å². The highest BCUT2D eigenvalue weighted by atomic mass is 79.9. The highest BCUT2D eigenvalue weighted by Crippen LogP contribution is 2.37. The van der Waals surface area contributed by atoms with Gasteiger partial charge in [0.25, 0.3) is 0 Å². The summed E-state index contributed by atoms with van der Waals surface area (Å²) >= 11 is 3.12. The minimum Gasteiger partial charge on any atom is -0.452 e. The Hall–Kier alpha value is -0.370. The van der Waals surface area contributed by atoms with Gasteiger partial charge in [0.15, 0.2) is 4.67 Å². The van der Waals surface area contributed by atoms with Gasteiger partial charge in [-0.25, -0.2) is 13.1 Å². The second-order valence-corrected chi connectivity index (χ2v) is 7.85. The Balaban J connectivity index is 2.11. The van der Waals surface area contributed by atoms with Gasteiger partial charge < -0.3 is 10.2 Å². The molecule has 1 fully saturated rings. The molecule has 1 aromatic heterocycles. The molecular formula is C12H19BrN2O3S. The summed E-state index contributed by atoms with van der Waals surface area (Å²) in [6, 6.07) is 1.46. The lowest BCUT2D eigenvalue weighted by molar-refractivity contribution is 0.336. The van der Waals surface area contributed by atoms with Crippen molar-refractivity contribution in [2.45, 2.75) is 44.0 Å². The summed E-state index contributed by atoms with van der Waals surface area (Å²) in [7, 11) is -3.55. The molecule has 0 atom stereocenters. The predicted molar refractivity (Wildman–Crippen MR) is 76.1 cm³/mol. The molecule has 7 heteroatoms. The minimum absolute atomic E-state index is 0.0694. The number of nitrogens with two attached hydrogens (primary N) is 1. The van der Waals surface area contributed by atoms with Crippen molar-refractivity contribution in [3.05, 3.63) is 16.5 Å². The van der Waals surface area contributed by atoms with Gasteiger partial charge in [0.1, 0.15) is 10.7 Å². The normalized spacial score (nSPS) is 18.9. The first-order chi connectivity index (χ1) is 8.86. The maximum Gasteiger partial charge on any atom is 0.244 e. The van der Waals surface area contributed by atoms with Crippen molar-refractivity contribution in [1.29, 1.82) is 0 Å². The largest absolute Gasteiger partial charge is 0.452 e. The van der Waals surface area contributed by atoms with Gasteiger partial charge in [0.05, 0.1) is 6.54 Å². The number of sulfonamides is 1. The molecule has 19 heavy (non-hydrogen) atoms. The molecular weight excluding hydrogens is 332 g/mol. The maximum absolute atomic E-state index is 12.2. The van der Waals surface area contributed by atoms with Crippen LogP contribution in [-0.4, -0.2) is 15.0 Å². The molecule has 0 aliphatic heterocycles. The highest BCUT2D eigenvalue weighted by Gasteiger charge is 2.31. The summed E-state index contributed by atoms with van der Waals surface area (Å²) < 4.78 is 32.6. The monoisotopic (exact) mass is 350 g/mol. The molecule has 108 valence electrons. The molecule has 1 aliphatic rings. The van der Waals surface area contributed by atoms with Crippen LogP contribution in [0.4, 0.5) is 0 Å². The molecule has 0 bridgehead atoms. The van der Waals surface area contributed by atoms with Crippen LogP contribution >= 0.6 is 15.9 Å². The van der Waals surface area contributed by atoms with E-state index in [1.165, 1.54) is 18.9 Å². The second-order valence-electron chi connectivity index (χ2n) is 5.40. The smallest absolute Gasteiger partial charge is 0.244 e. The van der Waals surface area contributed by atoms with E-state index in [9.17, 15) is 8.42 Å². The topological polar surface area (TPSA) is 85.3 Å². The Labute approximate surface area is 122 Å². The van der Waals surface area contributed by atoms with Crippen molar-refractivity contribution in [3.63, 3.8) is 0 Å². The molecule has 0 unspecified atom stereocenters. The molecule has 1 aliphatic carbocycles. The molecule has 1 heterocycles. The van der Waals surface area contributed by atoms with E-state index in [0.717, 1.165) is 12.8 Å². The average molecular weight is 351 g/mol. The van der Waals surface area contributed by atoms with Crippen LogP contribution in [0.1, 0.15) is 38.4 Å². The highest BCUT2D eigenvalue weighted by molar-refractivity contribution is 9.10. The van der Waals surface area contributed by atoms with Gasteiger partial charge in [-0.05, 0) is 34.2 Å². The standard InChI is InChI=1S/C12H19BrN2O3S/c1-12(4-2-3-5-12)8-15-19(16,17)10-6-9(7-14)18-11(10)13/h6,15H,2-5,7-8,14H2,1H3. The Bertz CT molecular complexity index is 547. The number of hydrogen-bond acceptors (Lipinski definition) is 4. The fourth-order valence-electron chi connectivity index (χ4n) is 2.43. The zero-order chi connectivity index (χ0) is 14.1. The summed E-state index contributed by atoms with van der Waals surface area (Å²) in [5.41, 5.74) is 5.51. The Kier molecular flexibility index (Phi) is 4.39. The van der Waals surface area contributed by atoms with Crippen LogP contribution in [0.3, 0.4) is 0 Å². The number of nitrogens with one attached hydrogen (secondary N) is 1.